The Kier molecular flexibility index (Phi) is 6.72. The normalized spacial score (nSPS) is 11.8. The van der Waals surface area contributed by atoms with Crippen LogP contribution in [0.2, 0.25) is 0 Å². The van der Waals surface area contributed by atoms with Gasteiger partial charge in [-0.2, -0.15) is 26.6 Å². The molecule has 0 fully saturated rings. The quantitative estimate of drug-likeness (QED) is 0.475. The van der Waals surface area contributed by atoms with Gasteiger partial charge in [0.2, 0.25) is 5.75 Å². The zero-order chi connectivity index (χ0) is 24.4. The molecule has 1 aromatic heterocycles. The molecule has 0 unspecified atom stereocenters. The highest BCUT2D eigenvalue weighted by Crippen LogP contribution is 2.41. The minimum atomic E-state index is -4.73. The van der Waals surface area contributed by atoms with Crippen LogP contribution in [-0.4, -0.2) is 50.5 Å². The smallest absolute Gasteiger partial charge is 0.416 e. The predicted octanol–water partition coefficient (Wildman–Crippen LogP) is 3.63. The average molecular weight is 487 g/mol. The van der Waals surface area contributed by atoms with E-state index in [2.05, 4.69) is 10.1 Å². The van der Waals surface area contributed by atoms with Gasteiger partial charge in [0.25, 0.3) is 10.0 Å². The van der Waals surface area contributed by atoms with E-state index in [0.29, 0.717) is 10.2 Å². The lowest BCUT2D eigenvalue weighted by molar-refractivity contribution is -0.137. The second kappa shape index (κ2) is 9.17. The Morgan fingerprint density at radius 1 is 1.00 bits per heavy atom. The molecule has 0 amide bonds. The minimum Gasteiger partial charge on any atom is -0.493 e. The Morgan fingerprint density at radius 3 is 2.15 bits per heavy atom. The highest BCUT2D eigenvalue weighted by Gasteiger charge is 2.33. The lowest BCUT2D eigenvalue weighted by atomic mass is 10.1. The number of methoxy groups -OCH3 is 3. The Morgan fingerprint density at radius 2 is 1.64 bits per heavy atom. The summed E-state index contributed by atoms with van der Waals surface area (Å²) in [6, 6.07) is 5.90. The van der Waals surface area contributed by atoms with Gasteiger partial charge >= 0.3 is 12.2 Å². The molecule has 9 nitrogen and oxygen atoms in total. The van der Waals surface area contributed by atoms with Gasteiger partial charge in [-0.15, -0.1) is 4.09 Å². The van der Waals surface area contributed by atoms with Crippen LogP contribution in [0.5, 0.6) is 23.3 Å². The summed E-state index contributed by atoms with van der Waals surface area (Å²) in [7, 11) is -0.462. The van der Waals surface area contributed by atoms with E-state index in [4.69, 9.17) is 18.9 Å². The van der Waals surface area contributed by atoms with Gasteiger partial charge < -0.3 is 18.9 Å². The number of rotatable bonds is 8. The van der Waals surface area contributed by atoms with Crippen molar-refractivity contribution in [2.45, 2.75) is 18.0 Å². The lowest BCUT2D eigenvalue weighted by Crippen LogP contribution is -2.17. The van der Waals surface area contributed by atoms with Crippen molar-refractivity contribution in [3.8, 4) is 34.6 Å². The molecule has 2 aromatic carbocycles. The van der Waals surface area contributed by atoms with Crippen LogP contribution in [0.25, 0.3) is 11.4 Å². The molecule has 0 N–H and O–H groups in total. The van der Waals surface area contributed by atoms with Gasteiger partial charge in [0.1, 0.15) is 0 Å². The van der Waals surface area contributed by atoms with Gasteiger partial charge in [0.05, 0.1) is 38.4 Å². The van der Waals surface area contributed by atoms with Crippen molar-refractivity contribution in [2.75, 3.05) is 27.9 Å². The first-order valence-electron chi connectivity index (χ1n) is 9.39. The number of ether oxygens (including phenoxy) is 4. The average Bonchev–Trinajstić information content (AvgIpc) is 3.22. The van der Waals surface area contributed by atoms with Crippen LogP contribution in [0.4, 0.5) is 13.2 Å². The van der Waals surface area contributed by atoms with Crippen LogP contribution in [0, 0.1) is 0 Å². The first-order valence-corrected chi connectivity index (χ1v) is 10.8. The summed E-state index contributed by atoms with van der Waals surface area (Å²) >= 11 is 0. The standard InChI is InChI=1S/C20H20F3N3O6S/c1-5-32-19-24-18(12-9-15(29-2)17(31-4)16(10-12)30-3)26(25-19)33(27,28)14-8-6-7-13(11-14)20(21,22)23/h6-11H,5H2,1-4H3. The fourth-order valence-electron chi connectivity index (χ4n) is 2.96. The Balaban J connectivity index is 2.26. The molecule has 0 aliphatic carbocycles. The summed E-state index contributed by atoms with van der Waals surface area (Å²) < 4.78 is 87.7. The van der Waals surface area contributed by atoms with Crippen molar-refractivity contribution >= 4 is 10.0 Å². The number of hydrogen-bond acceptors (Lipinski definition) is 8. The summed E-state index contributed by atoms with van der Waals surface area (Å²) in [6.07, 6.45) is -4.73. The minimum absolute atomic E-state index is 0.127. The summed E-state index contributed by atoms with van der Waals surface area (Å²) in [5, 5.41) is 3.87. The summed E-state index contributed by atoms with van der Waals surface area (Å²) in [5.41, 5.74) is -0.943. The molecule has 0 radical (unpaired) electrons. The molecule has 33 heavy (non-hydrogen) atoms. The van der Waals surface area contributed by atoms with Crippen molar-refractivity contribution in [1.29, 1.82) is 0 Å². The van der Waals surface area contributed by atoms with Crippen LogP contribution in [-0.2, 0) is 16.2 Å². The van der Waals surface area contributed by atoms with Crippen molar-refractivity contribution in [3.63, 3.8) is 0 Å². The second-order valence-corrected chi connectivity index (χ2v) is 8.21. The zero-order valence-electron chi connectivity index (χ0n) is 18.0. The van der Waals surface area contributed by atoms with E-state index in [-0.39, 0.29) is 41.3 Å². The van der Waals surface area contributed by atoms with E-state index < -0.39 is 26.7 Å². The van der Waals surface area contributed by atoms with Gasteiger partial charge in [0.15, 0.2) is 17.3 Å². The van der Waals surface area contributed by atoms with Gasteiger partial charge in [-0.25, -0.2) is 0 Å². The number of hydrogen-bond donors (Lipinski definition) is 0. The van der Waals surface area contributed by atoms with Crippen LogP contribution >= 0.6 is 0 Å². The molecule has 0 aliphatic heterocycles. The highest BCUT2D eigenvalue weighted by atomic mass is 32.2. The van der Waals surface area contributed by atoms with Gasteiger partial charge in [-0.3, -0.25) is 0 Å². The second-order valence-electron chi connectivity index (χ2n) is 6.44. The molecule has 0 atom stereocenters. The first-order chi connectivity index (χ1) is 15.6. The summed E-state index contributed by atoms with van der Waals surface area (Å²) in [6.45, 7) is 1.77. The third-order valence-electron chi connectivity index (χ3n) is 4.44. The number of aromatic nitrogens is 3. The van der Waals surface area contributed by atoms with E-state index in [1.54, 1.807) is 6.92 Å². The molecule has 13 heteroatoms. The van der Waals surface area contributed by atoms with E-state index in [1.165, 1.54) is 33.5 Å². The number of benzene rings is 2. The van der Waals surface area contributed by atoms with Crippen molar-refractivity contribution in [2.24, 2.45) is 0 Å². The maximum atomic E-state index is 13.3. The van der Waals surface area contributed by atoms with Crippen LogP contribution in [0.3, 0.4) is 0 Å². The largest absolute Gasteiger partial charge is 0.493 e. The zero-order valence-corrected chi connectivity index (χ0v) is 18.8. The van der Waals surface area contributed by atoms with Crippen molar-refractivity contribution < 1.29 is 40.5 Å². The SMILES string of the molecule is CCOc1nc(-c2cc(OC)c(OC)c(OC)c2)n(S(=O)(=O)c2cccc(C(F)(F)F)c2)n1. The Labute approximate surface area is 187 Å². The number of nitrogens with zero attached hydrogens (tertiary/aromatic N) is 3. The molecule has 3 rings (SSSR count). The molecule has 178 valence electrons. The fourth-order valence-corrected chi connectivity index (χ4v) is 4.23. The molecule has 3 aromatic rings. The molecule has 0 bridgehead atoms. The number of alkyl halides is 3. The molecular formula is C20H20F3N3O6S. The first kappa shape index (κ1) is 24.2. The third-order valence-corrected chi connectivity index (χ3v) is 6.00. The molecule has 0 aliphatic rings. The molecular weight excluding hydrogens is 467 g/mol. The molecule has 0 spiro atoms. The van der Waals surface area contributed by atoms with Gasteiger partial charge in [-0.1, -0.05) is 11.2 Å². The van der Waals surface area contributed by atoms with Gasteiger partial charge in [-0.05, 0) is 37.3 Å². The van der Waals surface area contributed by atoms with Crippen LogP contribution in [0.1, 0.15) is 12.5 Å². The van der Waals surface area contributed by atoms with Crippen molar-refractivity contribution in [1.82, 2.24) is 14.2 Å². The van der Waals surface area contributed by atoms with Gasteiger partial charge in [0, 0.05) is 5.56 Å². The van der Waals surface area contributed by atoms with E-state index in [9.17, 15) is 21.6 Å². The van der Waals surface area contributed by atoms with E-state index in [0.717, 1.165) is 18.2 Å². The third kappa shape index (κ3) is 4.67. The Hall–Kier alpha value is -3.48. The Bertz CT molecular complexity index is 1230. The topological polar surface area (TPSA) is 102 Å². The van der Waals surface area contributed by atoms with E-state index in [1.807, 2.05) is 0 Å². The van der Waals surface area contributed by atoms with Crippen molar-refractivity contribution in [3.05, 3.63) is 42.0 Å². The number of halogens is 3. The molecule has 1 heterocycles. The fraction of sp³-hybridized carbons (Fsp3) is 0.300. The predicted molar refractivity (Wildman–Crippen MR) is 110 cm³/mol. The summed E-state index contributed by atoms with van der Waals surface area (Å²) in [4.78, 5) is 3.49. The maximum Gasteiger partial charge on any atom is 0.416 e. The molecule has 0 saturated carbocycles. The van der Waals surface area contributed by atoms with Crippen LogP contribution < -0.4 is 18.9 Å². The maximum absolute atomic E-state index is 13.3. The monoisotopic (exact) mass is 487 g/mol. The molecule has 0 saturated heterocycles. The van der Waals surface area contributed by atoms with Crippen LogP contribution in [0.15, 0.2) is 41.3 Å². The summed E-state index contributed by atoms with van der Waals surface area (Å²) in [5.74, 6) is 0.433. The highest BCUT2D eigenvalue weighted by molar-refractivity contribution is 7.90. The van der Waals surface area contributed by atoms with E-state index >= 15 is 0 Å². The lowest BCUT2D eigenvalue weighted by Gasteiger charge is -2.14.